The van der Waals surface area contributed by atoms with Crippen LogP contribution in [0.3, 0.4) is 0 Å². The minimum Gasteiger partial charge on any atom is -0.492 e. The van der Waals surface area contributed by atoms with Crippen LogP contribution in [0.5, 0.6) is 5.75 Å². The van der Waals surface area contributed by atoms with Gasteiger partial charge in [-0.15, -0.1) is 0 Å². The largest absolute Gasteiger partial charge is 0.492 e. The molecule has 0 bridgehead atoms. The first-order valence-electron chi connectivity index (χ1n) is 7.97. The van der Waals surface area contributed by atoms with Gasteiger partial charge in [0.1, 0.15) is 12.4 Å². The van der Waals surface area contributed by atoms with Crippen molar-refractivity contribution in [1.29, 1.82) is 5.26 Å². The van der Waals surface area contributed by atoms with Crippen LogP contribution in [-0.4, -0.2) is 50.1 Å². The zero-order valence-electron chi connectivity index (χ0n) is 12.7. The van der Waals surface area contributed by atoms with E-state index in [0.717, 1.165) is 25.3 Å². The van der Waals surface area contributed by atoms with Gasteiger partial charge in [0, 0.05) is 6.54 Å². The minimum absolute atomic E-state index is 0.0813. The number of hydrogen-bond acceptors (Lipinski definition) is 5. The molecule has 2 fully saturated rings. The molecule has 0 saturated carbocycles. The Kier molecular flexibility index (Phi) is 5.28. The lowest BCUT2D eigenvalue weighted by atomic mass is 10.0. The molecule has 0 N–H and O–H groups in total. The average Bonchev–Trinajstić information content (AvgIpc) is 3.10. The highest BCUT2D eigenvalue weighted by Crippen LogP contribution is 2.24. The second-order valence-electron chi connectivity index (χ2n) is 5.70. The molecule has 0 aromatic heterocycles. The molecule has 118 valence electrons. The molecule has 0 aliphatic carbocycles. The molecule has 1 aromatic rings. The van der Waals surface area contributed by atoms with Crippen molar-refractivity contribution in [2.45, 2.75) is 31.6 Å². The fourth-order valence-electron chi connectivity index (χ4n) is 3.14. The molecule has 5 nitrogen and oxygen atoms in total. The van der Waals surface area contributed by atoms with E-state index in [0.29, 0.717) is 31.4 Å². The summed E-state index contributed by atoms with van der Waals surface area (Å²) in [6.45, 7) is 3.93. The van der Waals surface area contributed by atoms with E-state index in [1.807, 2.05) is 12.1 Å². The summed E-state index contributed by atoms with van der Waals surface area (Å²) in [6, 6.07) is 9.75. The molecule has 2 saturated heterocycles. The van der Waals surface area contributed by atoms with E-state index >= 15 is 0 Å². The van der Waals surface area contributed by atoms with Crippen LogP contribution in [0.4, 0.5) is 0 Å². The first-order chi connectivity index (χ1) is 10.9. The smallest absolute Gasteiger partial charge is 0.173 e. The average molecular weight is 302 g/mol. The number of ether oxygens (including phenoxy) is 3. The van der Waals surface area contributed by atoms with Crippen LogP contribution >= 0.6 is 0 Å². The molecule has 2 aliphatic heterocycles. The highest BCUT2D eigenvalue weighted by Gasteiger charge is 2.33. The zero-order chi connectivity index (χ0) is 15.2. The number of likely N-dealkylation sites (tertiary alicyclic amines) is 1. The molecule has 0 radical (unpaired) electrons. The summed E-state index contributed by atoms with van der Waals surface area (Å²) in [5.74, 6) is 0.751. The summed E-state index contributed by atoms with van der Waals surface area (Å²) in [7, 11) is 0. The fourth-order valence-corrected chi connectivity index (χ4v) is 3.14. The van der Waals surface area contributed by atoms with Gasteiger partial charge in [0.2, 0.25) is 0 Å². The van der Waals surface area contributed by atoms with Crippen molar-refractivity contribution in [2.75, 3.05) is 32.9 Å². The Balaban J connectivity index is 1.51. The SMILES string of the molecule is N#Cc1cccc(OCCN2CCCCC2C2OCCO2)c1. The quantitative estimate of drug-likeness (QED) is 0.834. The second kappa shape index (κ2) is 7.59. The van der Waals surface area contributed by atoms with Crippen molar-refractivity contribution in [3.05, 3.63) is 29.8 Å². The van der Waals surface area contributed by atoms with Crippen molar-refractivity contribution >= 4 is 0 Å². The highest BCUT2D eigenvalue weighted by atomic mass is 16.7. The molecule has 22 heavy (non-hydrogen) atoms. The summed E-state index contributed by atoms with van der Waals surface area (Å²) >= 11 is 0. The monoisotopic (exact) mass is 302 g/mol. The van der Waals surface area contributed by atoms with E-state index in [1.54, 1.807) is 12.1 Å². The van der Waals surface area contributed by atoms with Crippen LogP contribution in [0.1, 0.15) is 24.8 Å². The molecule has 2 heterocycles. The normalized spacial score (nSPS) is 23.3. The maximum absolute atomic E-state index is 8.91. The molecule has 0 spiro atoms. The predicted octanol–water partition coefficient (Wildman–Crippen LogP) is 2.16. The van der Waals surface area contributed by atoms with Gasteiger partial charge in [-0.3, -0.25) is 4.90 Å². The van der Waals surface area contributed by atoms with E-state index < -0.39 is 0 Å². The summed E-state index contributed by atoms with van der Waals surface area (Å²) in [5.41, 5.74) is 0.626. The predicted molar refractivity (Wildman–Crippen MR) is 81.6 cm³/mol. The lowest BCUT2D eigenvalue weighted by Gasteiger charge is -2.37. The number of nitriles is 1. The van der Waals surface area contributed by atoms with Gasteiger partial charge < -0.3 is 14.2 Å². The third-order valence-electron chi connectivity index (χ3n) is 4.24. The van der Waals surface area contributed by atoms with Crippen molar-refractivity contribution in [1.82, 2.24) is 4.90 Å². The van der Waals surface area contributed by atoms with Crippen molar-refractivity contribution in [2.24, 2.45) is 0 Å². The van der Waals surface area contributed by atoms with Gasteiger partial charge in [0.25, 0.3) is 0 Å². The molecule has 1 atom stereocenters. The number of nitrogens with zero attached hydrogens (tertiary/aromatic N) is 2. The summed E-state index contributed by atoms with van der Waals surface area (Å²) in [4.78, 5) is 2.41. The van der Waals surface area contributed by atoms with E-state index in [-0.39, 0.29) is 6.29 Å². The van der Waals surface area contributed by atoms with Gasteiger partial charge >= 0.3 is 0 Å². The van der Waals surface area contributed by atoms with Crippen LogP contribution in [-0.2, 0) is 9.47 Å². The van der Waals surface area contributed by atoms with Crippen LogP contribution < -0.4 is 4.74 Å². The van der Waals surface area contributed by atoms with Gasteiger partial charge in [-0.05, 0) is 37.6 Å². The molecule has 2 aliphatic rings. The Morgan fingerprint density at radius 2 is 2.14 bits per heavy atom. The molecule has 5 heteroatoms. The number of benzene rings is 1. The number of hydrogen-bond donors (Lipinski definition) is 0. The third kappa shape index (κ3) is 3.77. The molecular formula is C17H22N2O3. The van der Waals surface area contributed by atoms with Gasteiger partial charge in [-0.2, -0.15) is 5.26 Å². The Bertz CT molecular complexity index is 523. The minimum atomic E-state index is -0.0813. The third-order valence-corrected chi connectivity index (χ3v) is 4.24. The molecular weight excluding hydrogens is 280 g/mol. The summed E-state index contributed by atoms with van der Waals surface area (Å²) < 4.78 is 17.1. The van der Waals surface area contributed by atoms with Crippen molar-refractivity contribution in [3.63, 3.8) is 0 Å². The lowest BCUT2D eigenvalue weighted by molar-refractivity contribution is -0.110. The van der Waals surface area contributed by atoms with Crippen LogP contribution in [0, 0.1) is 11.3 Å². The highest BCUT2D eigenvalue weighted by molar-refractivity contribution is 5.36. The first kappa shape index (κ1) is 15.3. The van der Waals surface area contributed by atoms with E-state index in [2.05, 4.69) is 11.0 Å². The topological polar surface area (TPSA) is 54.7 Å². The van der Waals surface area contributed by atoms with Crippen molar-refractivity contribution in [3.8, 4) is 11.8 Å². The number of rotatable bonds is 5. The Morgan fingerprint density at radius 3 is 2.95 bits per heavy atom. The van der Waals surface area contributed by atoms with Crippen molar-refractivity contribution < 1.29 is 14.2 Å². The molecule has 1 unspecified atom stereocenters. The molecule has 3 rings (SSSR count). The van der Waals surface area contributed by atoms with Gasteiger partial charge in [-0.1, -0.05) is 12.5 Å². The van der Waals surface area contributed by atoms with E-state index in [1.165, 1.54) is 12.8 Å². The van der Waals surface area contributed by atoms with Crippen LogP contribution in [0.2, 0.25) is 0 Å². The standard InChI is InChI=1S/C17H22N2O3/c18-13-14-4-3-5-15(12-14)20-9-8-19-7-2-1-6-16(19)17-21-10-11-22-17/h3-5,12,16-17H,1-2,6-11H2. The second-order valence-corrected chi connectivity index (χ2v) is 5.70. The maximum Gasteiger partial charge on any atom is 0.173 e. The number of piperidine rings is 1. The fraction of sp³-hybridized carbons (Fsp3) is 0.588. The zero-order valence-corrected chi connectivity index (χ0v) is 12.7. The first-order valence-corrected chi connectivity index (χ1v) is 7.97. The maximum atomic E-state index is 8.91. The Labute approximate surface area is 131 Å². The molecule has 0 amide bonds. The van der Waals surface area contributed by atoms with Gasteiger partial charge in [0.05, 0.1) is 30.9 Å². The van der Waals surface area contributed by atoms with E-state index in [4.69, 9.17) is 19.5 Å². The summed E-state index contributed by atoms with van der Waals surface area (Å²) in [6.07, 6.45) is 3.49. The van der Waals surface area contributed by atoms with Gasteiger partial charge in [-0.25, -0.2) is 0 Å². The van der Waals surface area contributed by atoms with Crippen LogP contribution in [0.15, 0.2) is 24.3 Å². The lowest BCUT2D eigenvalue weighted by Crippen LogP contribution is -2.48. The molecule has 1 aromatic carbocycles. The Morgan fingerprint density at radius 1 is 1.27 bits per heavy atom. The van der Waals surface area contributed by atoms with Crippen LogP contribution in [0.25, 0.3) is 0 Å². The Hall–Kier alpha value is -1.61. The summed E-state index contributed by atoms with van der Waals surface area (Å²) in [5, 5.41) is 8.91. The van der Waals surface area contributed by atoms with E-state index in [9.17, 15) is 0 Å². The van der Waals surface area contributed by atoms with Gasteiger partial charge in [0.15, 0.2) is 6.29 Å².